The molecule has 0 aromatic heterocycles. The lowest BCUT2D eigenvalue weighted by Gasteiger charge is -2.70. The summed E-state index contributed by atoms with van der Waals surface area (Å²) in [4.78, 5) is 51.8. The topological polar surface area (TPSA) is 138 Å². The Kier molecular flexibility index (Phi) is 5.96. The number of hydrogen-bond donors (Lipinski definition) is 3. The molecule has 0 aliphatic heterocycles. The number of ketones is 3. The predicted molar refractivity (Wildman–Crippen MR) is 141 cm³/mol. The Morgan fingerprint density at radius 2 is 1.77 bits per heavy atom. The number of fused-ring (bicyclic) bond motifs is 4. The van der Waals surface area contributed by atoms with Crippen molar-refractivity contribution >= 4 is 23.3 Å². The van der Waals surface area contributed by atoms with Crippen LogP contribution in [0.1, 0.15) is 80.6 Å². The van der Waals surface area contributed by atoms with Crippen LogP contribution in [0, 0.1) is 39.4 Å². The molecule has 8 heteroatoms. The molecule has 214 valence electrons. The summed E-state index contributed by atoms with van der Waals surface area (Å²) in [5.41, 5.74) is -4.81. The van der Waals surface area contributed by atoms with Gasteiger partial charge in [0.25, 0.3) is 0 Å². The minimum Gasteiger partial charge on any atom is -0.456 e. The maximum absolute atomic E-state index is 14.2. The Balaban J connectivity index is 1.50. The van der Waals surface area contributed by atoms with Gasteiger partial charge in [-0.1, -0.05) is 39.3 Å². The van der Waals surface area contributed by atoms with Gasteiger partial charge in [-0.25, -0.2) is 0 Å². The second-order valence-electron chi connectivity index (χ2n) is 14.5. The van der Waals surface area contributed by atoms with Crippen molar-refractivity contribution in [2.45, 2.75) is 104 Å². The molecular weight excluding hydrogens is 500 g/mol. The number of aliphatic hydroxyl groups excluding tert-OH is 2. The Bertz CT molecular complexity index is 1230. The van der Waals surface area contributed by atoms with Crippen molar-refractivity contribution in [3.63, 3.8) is 0 Å². The van der Waals surface area contributed by atoms with E-state index in [1.165, 1.54) is 19.1 Å². The highest BCUT2D eigenvalue weighted by atomic mass is 16.6. The predicted octanol–water partition coefficient (Wildman–Crippen LogP) is 2.86. The monoisotopic (exact) mass is 542 g/mol. The highest BCUT2D eigenvalue weighted by Crippen LogP contribution is 2.80. The van der Waals surface area contributed by atoms with Crippen molar-refractivity contribution in [2.24, 2.45) is 39.4 Å². The lowest BCUT2D eigenvalue weighted by Crippen LogP contribution is -2.73. The van der Waals surface area contributed by atoms with Crippen molar-refractivity contribution in [1.82, 2.24) is 0 Å². The fourth-order valence-corrected chi connectivity index (χ4v) is 9.85. The molecule has 5 aliphatic rings. The first-order valence-corrected chi connectivity index (χ1v) is 14.1. The molecule has 3 N–H and O–H groups in total. The van der Waals surface area contributed by atoms with E-state index in [0.29, 0.717) is 12.8 Å². The zero-order valence-corrected chi connectivity index (χ0v) is 24.0. The first-order chi connectivity index (χ1) is 17.8. The zero-order valence-electron chi connectivity index (χ0n) is 24.0. The van der Waals surface area contributed by atoms with Crippen LogP contribution in [-0.2, 0) is 23.9 Å². The number of rotatable bonds is 4. The zero-order chi connectivity index (χ0) is 29.1. The molecule has 0 unspecified atom stereocenters. The lowest BCUT2D eigenvalue weighted by molar-refractivity contribution is -0.249. The summed E-state index contributed by atoms with van der Waals surface area (Å²) in [5, 5.41) is 33.7. The van der Waals surface area contributed by atoms with E-state index < -0.39 is 62.7 Å². The molecule has 0 radical (unpaired) electrons. The lowest BCUT2D eigenvalue weighted by atomic mass is 9.33. The highest BCUT2D eigenvalue weighted by molar-refractivity contribution is 6.00. The van der Waals surface area contributed by atoms with Gasteiger partial charge in [0.1, 0.15) is 23.1 Å². The average molecular weight is 543 g/mol. The summed E-state index contributed by atoms with van der Waals surface area (Å²) >= 11 is 0. The van der Waals surface area contributed by atoms with Gasteiger partial charge in [-0.05, 0) is 67.9 Å². The largest absolute Gasteiger partial charge is 0.456 e. The number of esters is 1. The highest BCUT2D eigenvalue weighted by Gasteiger charge is 2.82. The van der Waals surface area contributed by atoms with Gasteiger partial charge in [0.05, 0.1) is 6.10 Å². The minimum atomic E-state index is -1.82. The maximum atomic E-state index is 14.2. The second-order valence-corrected chi connectivity index (χ2v) is 14.5. The van der Waals surface area contributed by atoms with Crippen LogP contribution in [0.3, 0.4) is 0 Å². The van der Waals surface area contributed by atoms with Crippen molar-refractivity contribution in [1.29, 1.82) is 0 Å². The molecule has 5 rings (SSSR count). The van der Waals surface area contributed by atoms with E-state index in [9.17, 15) is 34.5 Å². The van der Waals surface area contributed by atoms with Crippen LogP contribution in [0.15, 0.2) is 23.8 Å². The van der Waals surface area contributed by atoms with Gasteiger partial charge in [-0.3, -0.25) is 19.2 Å². The second kappa shape index (κ2) is 8.20. The quantitative estimate of drug-likeness (QED) is 0.280. The SMILES string of the molecule is CC(=O)OC(C)(C)/C=C/C(=O)[C@@]1(O)C[C@]23CC(=O)[C@@]4(C)[C@@H]5CC(=O)[C@H](O)C(C)(C)C5=CC[C@H]4[C@]2(C)C[C@@H](O)[C@@H]31. The van der Waals surface area contributed by atoms with Gasteiger partial charge in [0, 0.05) is 36.5 Å². The molecule has 4 fully saturated rings. The molecule has 0 aromatic carbocycles. The fourth-order valence-electron chi connectivity index (χ4n) is 9.85. The fraction of sp³-hybridized carbons (Fsp3) is 0.742. The molecule has 0 bridgehead atoms. The first-order valence-electron chi connectivity index (χ1n) is 14.1. The summed E-state index contributed by atoms with van der Waals surface area (Å²) in [6.07, 6.45) is 3.89. The number of Topliss-reactive ketones (excluding diaryl/α,β-unsaturated/α-hetero) is 2. The summed E-state index contributed by atoms with van der Waals surface area (Å²) < 4.78 is 5.22. The minimum absolute atomic E-state index is 0.000646. The first kappa shape index (κ1) is 28.4. The number of ether oxygens (including phenoxy) is 1. The van der Waals surface area contributed by atoms with E-state index in [0.717, 1.165) is 5.57 Å². The molecule has 0 amide bonds. The summed E-state index contributed by atoms with van der Waals surface area (Å²) in [5.74, 6) is -2.62. The van der Waals surface area contributed by atoms with Crippen molar-refractivity contribution in [2.75, 3.05) is 0 Å². The number of carbonyl (C=O) groups excluding carboxylic acids is 4. The van der Waals surface area contributed by atoms with Crippen LogP contribution < -0.4 is 0 Å². The van der Waals surface area contributed by atoms with E-state index >= 15 is 0 Å². The Hall–Kier alpha value is -2.16. The standard InChI is InChI=1S/C31H42O8/c1-16(32)39-26(2,3)11-10-22(35)31(38)15-30-14-23(36)29(7)18-12-19(33)25(37)27(4,5)17(18)8-9-21(29)28(30,6)13-20(34)24(30)31/h8,10-11,18,20-21,24-25,34,37-38H,9,12-15H2,1-7H3/b11-10+/t18-,20-,21+,24+,25+,28+,29+,30+,31+/m1/s1. The smallest absolute Gasteiger partial charge is 0.303 e. The van der Waals surface area contributed by atoms with Gasteiger partial charge < -0.3 is 20.1 Å². The van der Waals surface area contributed by atoms with E-state index in [1.54, 1.807) is 13.8 Å². The molecule has 0 heterocycles. The summed E-state index contributed by atoms with van der Waals surface area (Å²) in [6, 6.07) is 0. The van der Waals surface area contributed by atoms with Gasteiger partial charge in [0.15, 0.2) is 11.6 Å². The Labute approximate surface area is 229 Å². The number of carbonyl (C=O) groups is 4. The molecule has 39 heavy (non-hydrogen) atoms. The summed E-state index contributed by atoms with van der Waals surface area (Å²) in [6.45, 7) is 12.3. The third-order valence-electron chi connectivity index (χ3n) is 11.7. The third-order valence-corrected chi connectivity index (χ3v) is 11.7. The molecule has 0 saturated heterocycles. The van der Waals surface area contributed by atoms with E-state index in [4.69, 9.17) is 4.74 Å². The van der Waals surface area contributed by atoms with E-state index in [1.807, 2.05) is 20.8 Å². The van der Waals surface area contributed by atoms with Crippen LogP contribution in [-0.4, -0.2) is 62.0 Å². The van der Waals surface area contributed by atoms with Crippen LogP contribution >= 0.6 is 0 Å². The summed E-state index contributed by atoms with van der Waals surface area (Å²) in [7, 11) is 0. The third kappa shape index (κ3) is 3.46. The van der Waals surface area contributed by atoms with Crippen molar-refractivity contribution in [3.8, 4) is 0 Å². The normalized spacial score (nSPS) is 46.4. The molecule has 1 spiro atoms. The molecule has 8 nitrogen and oxygen atoms in total. The molecule has 5 aliphatic carbocycles. The van der Waals surface area contributed by atoms with Crippen LogP contribution in [0.25, 0.3) is 0 Å². The van der Waals surface area contributed by atoms with Crippen LogP contribution in [0.4, 0.5) is 0 Å². The number of aliphatic hydroxyl groups is 3. The average Bonchev–Trinajstić information content (AvgIpc) is 2.97. The Morgan fingerprint density at radius 3 is 2.38 bits per heavy atom. The Morgan fingerprint density at radius 1 is 1.13 bits per heavy atom. The van der Waals surface area contributed by atoms with Gasteiger partial charge in [0.2, 0.25) is 0 Å². The molecule has 9 atom stereocenters. The molecule has 4 saturated carbocycles. The maximum Gasteiger partial charge on any atom is 0.303 e. The van der Waals surface area contributed by atoms with Crippen molar-refractivity contribution < 1.29 is 39.2 Å². The van der Waals surface area contributed by atoms with Gasteiger partial charge in [-0.2, -0.15) is 0 Å². The molecule has 0 aromatic rings. The van der Waals surface area contributed by atoms with Crippen molar-refractivity contribution in [3.05, 3.63) is 23.8 Å². The number of allylic oxidation sites excluding steroid dienone is 1. The van der Waals surface area contributed by atoms with Crippen LogP contribution in [0.2, 0.25) is 0 Å². The molecular formula is C31H42O8. The van der Waals surface area contributed by atoms with Crippen LogP contribution in [0.5, 0.6) is 0 Å². The van der Waals surface area contributed by atoms with Gasteiger partial charge in [-0.15, -0.1) is 0 Å². The number of hydrogen-bond acceptors (Lipinski definition) is 8. The van der Waals surface area contributed by atoms with Gasteiger partial charge >= 0.3 is 5.97 Å². The van der Waals surface area contributed by atoms with E-state index in [-0.39, 0.29) is 42.7 Å². The van der Waals surface area contributed by atoms with E-state index in [2.05, 4.69) is 13.0 Å².